The topological polar surface area (TPSA) is 80.0 Å². The second kappa shape index (κ2) is 9.11. The van der Waals surface area contributed by atoms with Gasteiger partial charge in [-0.15, -0.1) is 5.10 Å². The van der Waals surface area contributed by atoms with Crippen LogP contribution in [0.15, 0.2) is 48.9 Å². The van der Waals surface area contributed by atoms with Gasteiger partial charge in [0.25, 0.3) is 0 Å². The molecule has 1 atom stereocenters. The SMILES string of the molecule is O=C(C(Cc1ccccc1)n1cnnn1)N1CCN(c2ncc(C(F)(F)F)cc2Cl)CC1. The lowest BCUT2D eigenvalue weighted by atomic mass is 10.0. The Hall–Kier alpha value is -3.21. The van der Waals surface area contributed by atoms with Crippen molar-refractivity contribution in [2.75, 3.05) is 31.1 Å². The van der Waals surface area contributed by atoms with Crippen LogP contribution in [0.1, 0.15) is 17.2 Å². The summed E-state index contributed by atoms with van der Waals surface area (Å²) in [6, 6.07) is 9.83. The number of anilines is 1. The van der Waals surface area contributed by atoms with Crippen molar-refractivity contribution in [3.05, 3.63) is 65.1 Å². The summed E-state index contributed by atoms with van der Waals surface area (Å²) in [4.78, 5) is 20.7. The molecule has 12 heteroatoms. The van der Waals surface area contributed by atoms with Crippen molar-refractivity contribution in [1.29, 1.82) is 0 Å². The Labute approximate surface area is 186 Å². The van der Waals surface area contributed by atoms with Gasteiger partial charge in [0.15, 0.2) is 0 Å². The molecule has 1 aliphatic rings. The number of carbonyl (C=O) groups excluding carboxylic acids is 1. The lowest BCUT2D eigenvalue weighted by Gasteiger charge is -2.37. The highest BCUT2D eigenvalue weighted by molar-refractivity contribution is 6.33. The average molecular weight is 466 g/mol. The van der Waals surface area contributed by atoms with Crippen LogP contribution in [0.5, 0.6) is 0 Å². The maximum Gasteiger partial charge on any atom is 0.417 e. The van der Waals surface area contributed by atoms with Gasteiger partial charge in [-0.1, -0.05) is 41.9 Å². The van der Waals surface area contributed by atoms with Crippen LogP contribution in [-0.2, 0) is 17.4 Å². The Morgan fingerprint density at radius 2 is 1.84 bits per heavy atom. The smallest absolute Gasteiger partial charge is 0.352 e. The van der Waals surface area contributed by atoms with E-state index in [4.69, 9.17) is 11.6 Å². The summed E-state index contributed by atoms with van der Waals surface area (Å²) >= 11 is 6.07. The number of alkyl halides is 3. The average Bonchev–Trinajstić information content (AvgIpc) is 3.32. The Morgan fingerprint density at radius 1 is 1.12 bits per heavy atom. The van der Waals surface area contributed by atoms with Gasteiger partial charge in [0.2, 0.25) is 5.91 Å². The molecular formula is C20H19ClF3N7O. The number of hydrogen-bond acceptors (Lipinski definition) is 6. The first-order valence-electron chi connectivity index (χ1n) is 9.86. The molecule has 32 heavy (non-hydrogen) atoms. The fourth-order valence-corrected chi connectivity index (χ4v) is 3.90. The molecule has 1 fully saturated rings. The highest BCUT2D eigenvalue weighted by Crippen LogP contribution is 2.33. The molecule has 3 heterocycles. The molecule has 168 valence electrons. The summed E-state index contributed by atoms with van der Waals surface area (Å²) in [7, 11) is 0. The third-order valence-corrected chi connectivity index (χ3v) is 5.56. The number of amides is 1. The number of benzene rings is 1. The zero-order valence-electron chi connectivity index (χ0n) is 16.8. The molecule has 1 aromatic carbocycles. The summed E-state index contributed by atoms with van der Waals surface area (Å²) in [5.41, 5.74) is 0.0750. The van der Waals surface area contributed by atoms with Gasteiger partial charge in [-0.3, -0.25) is 4.79 Å². The van der Waals surface area contributed by atoms with Crippen molar-refractivity contribution in [3.63, 3.8) is 0 Å². The molecule has 0 N–H and O–H groups in total. The number of rotatable bonds is 5. The third kappa shape index (κ3) is 4.82. The molecule has 2 aromatic heterocycles. The van der Waals surface area contributed by atoms with Crippen molar-refractivity contribution < 1.29 is 18.0 Å². The van der Waals surface area contributed by atoms with E-state index in [1.807, 2.05) is 30.3 Å². The molecular weight excluding hydrogens is 447 g/mol. The number of hydrogen-bond donors (Lipinski definition) is 0. The molecule has 0 radical (unpaired) electrons. The van der Waals surface area contributed by atoms with E-state index in [9.17, 15) is 18.0 Å². The summed E-state index contributed by atoms with van der Waals surface area (Å²) < 4.78 is 40.0. The molecule has 3 aromatic rings. The molecule has 4 rings (SSSR count). The van der Waals surface area contributed by atoms with Crippen LogP contribution in [0.2, 0.25) is 5.02 Å². The molecule has 0 aliphatic carbocycles. The van der Waals surface area contributed by atoms with E-state index in [-0.39, 0.29) is 16.7 Å². The van der Waals surface area contributed by atoms with Gasteiger partial charge in [0, 0.05) is 38.8 Å². The third-order valence-electron chi connectivity index (χ3n) is 5.28. The van der Waals surface area contributed by atoms with Gasteiger partial charge < -0.3 is 9.80 Å². The minimum atomic E-state index is -4.51. The van der Waals surface area contributed by atoms with Gasteiger partial charge in [-0.25, -0.2) is 9.67 Å². The summed E-state index contributed by atoms with van der Waals surface area (Å²) in [6.45, 7) is 1.51. The van der Waals surface area contributed by atoms with Gasteiger partial charge >= 0.3 is 6.18 Å². The molecule has 8 nitrogen and oxygen atoms in total. The van der Waals surface area contributed by atoms with Crippen LogP contribution in [0.3, 0.4) is 0 Å². The van der Waals surface area contributed by atoms with Crippen LogP contribution < -0.4 is 4.90 Å². The second-order valence-corrected chi connectivity index (χ2v) is 7.74. The Morgan fingerprint density at radius 3 is 2.44 bits per heavy atom. The van der Waals surface area contributed by atoms with Crippen molar-refractivity contribution in [1.82, 2.24) is 30.1 Å². The van der Waals surface area contributed by atoms with Gasteiger partial charge in [-0.2, -0.15) is 13.2 Å². The first-order chi connectivity index (χ1) is 15.3. The predicted molar refractivity (Wildman–Crippen MR) is 110 cm³/mol. The minimum Gasteiger partial charge on any atom is -0.352 e. The number of aromatic nitrogens is 5. The monoisotopic (exact) mass is 465 g/mol. The number of piperazine rings is 1. The van der Waals surface area contributed by atoms with E-state index in [1.54, 1.807) is 9.80 Å². The summed E-state index contributed by atoms with van der Waals surface area (Å²) in [6.07, 6.45) is -1.90. The quantitative estimate of drug-likeness (QED) is 0.576. The lowest BCUT2D eigenvalue weighted by Crippen LogP contribution is -2.51. The highest BCUT2D eigenvalue weighted by Gasteiger charge is 2.33. The van der Waals surface area contributed by atoms with E-state index in [1.165, 1.54) is 11.0 Å². The van der Waals surface area contributed by atoms with Gasteiger partial charge in [-0.05, 0) is 22.1 Å². The highest BCUT2D eigenvalue weighted by atomic mass is 35.5. The normalized spacial score (nSPS) is 15.6. The van der Waals surface area contributed by atoms with Crippen molar-refractivity contribution in [2.45, 2.75) is 18.6 Å². The van der Waals surface area contributed by atoms with E-state index in [2.05, 4.69) is 20.5 Å². The first-order valence-corrected chi connectivity index (χ1v) is 10.2. The molecule has 1 amide bonds. The maximum absolute atomic E-state index is 13.3. The van der Waals surface area contributed by atoms with E-state index in [0.717, 1.165) is 17.8 Å². The molecule has 0 spiro atoms. The first kappa shape index (κ1) is 22.0. The Kier molecular flexibility index (Phi) is 6.26. The van der Waals surface area contributed by atoms with E-state index < -0.39 is 17.8 Å². The molecule has 1 saturated heterocycles. The van der Waals surface area contributed by atoms with Crippen molar-refractivity contribution >= 4 is 23.3 Å². The second-order valence-electron chi connectivity index (χ2n) is 7.33. The van der Waals surface area contributed by atoms with Crippen LogP contribution in [0, 0.1) is 0 Å². The number of pyridine rings is 1. The predicted octanol–water partition coefficient (Wildman–Crippen LogP) is 2.87. The van der Waals surface area contributed by atoms with Crippen molar-refractivity contribution in [2.24, 2.45) is 0 Å². The maximum atomic E-state index is 13.3. The number of nitrogens with zero attached hydrogens (tertiary/aromatic N) is 7. The van der Waals surface area contributed by atoms with E-state index in [0.29, 0.717) is 32.6 Å². The molecule has 1 aliphatic heterocycles. The number of tetrazole rings is 1. The minimum absolute atomic E-state index is 0.0738. The Bertz CT molecular complexity index is 1050. The zero-order chi connectivity index (χ0) is 22.7. The standard InChI is InChI=1S/C20H19ClF3N7O/c21-16-11-15(20(22,23)24)12-25-18(16)29-6-8-30(9-7-29)19(32)17(31-13-26-27-28-31)10-14-4-2-1-3-5-14/h1-5,11-13,17H,6-10H2. The van der Waals surface area contributed by atoms with E-state index >= 15 is 0 Å². The van der Waals surface area contributed by atoms with Gasteiger partial charge in [0.05, 0.1) is 10.6 Å². The van der Waals surface area contributed by atoms with Crippen LogP contribution in [0.4, 0.5) is 19.0 Å². The zero-order valence-corrected chi connectivity index (χ0v) is 17.5. The Balaban J connectivity index is 1.45. The van der Waals surface area contributed by atoms with Crippen LogP contribution in [-0.4, -0.2) is 62.2 Å². The fraction of sp³-hybridized carbons (Fsp3) is 0.350. The summed E-state index contributed by atoms with van der Waals surface area (Å²) in [5, 5.41) is 11.1. The van der Waals surface area contributed by atoms with Crippen LogP contribution >= 0.6 is 11.6 Å². The largest absolute Gasteiger partial charge is 0.417 e. The molecule has 1 unspecified atom stereocenters. The van der Waals surface area contributed by atoms with Gasteiger partial charge in [0.1, 0.15) is 18.2 Å². The molecule has 0 bridgehead atoms. The molecule has 0 saturated carbocycles. The fourth-order valence-electron chi connectivity index (χ4n) is 3.61. The summed E-state index contributed by atoms with van der Waals surface area (Å²) in [5.74, 6) is 0.139. The lowest BCUT2D eigenvalue weighted by molar-refractivity contribution is -0.138. The van der Waals surface area contributed by atoms with Crippen molar-refractivity contribution in [3.8, 4) is 0 Å². The number of halogens is 4. The van der Waals surface area contributed by atoms with Crippen LogP contribution in [0.25, 0.3) is 0 Å². The number of carbonyl (C=O) groups is 1.